The lowest BCUT2D eigenvalue weighted by molar-refractivity contribution is -0.172. The molecule has 0 saturated heterocycles. The molecule has 0 radical (unpaired) electrons. The molecule has 0 aliphatic heterocycles. The Morgan fingerprint density at radius 3 is 2.53 bits per heavy atom. The van der Waals surface area contributed by atoms with Crippen LogP contribution in [0, 0.1) is 11.8 Å². The molecule has 1 N–H and O–H groups in total. The molecule has 1 aliphatic rings. The Hall–Kier alpha value is -0.570. The van der Waals surface area contributed by atoms with Crippen LogP contribution in [0.4, 0.5) is 0 Å². The lowest BCUT2D eigenvalue weighted by Gasteiger charge is -2.46. The molecule has 0 aromatic carbocycles. The molecule has 1 saturated carbocycles. The van der Waals surface area contributed by atoms with Gasteiger partial charge in [-0.15, -0.1) is 0 Å². The van der Waals surface area contributed by atoms with Crippen LogP contribution in [0.1, 0.15) is 46.5 Å². The normalized spacial score (nSPS) is 31.9. The van der Waals surface area contributed by atoms with Gasteiger partial charge >= 0.3 is 5.97 Å². The number of hydrogen-bond donors (Lipinski definition) is 1. The zero-order chi connectivity index (χ0) is 11.5. The third-order valence-corrected chi connectivity index (χ3v) is 3.20. The third-order valence-electron chi connectivity index (χ3n) is 3.20. The highest BCUT2D eigenvalue weighted by atomic mass is 16.5. The van der Waals surface area contributed by atoms with Gasteiger partial charge in [0.15, 0.2) is 0 Å². The number of hydrogen-bond acceptors (Lipinski definition) is 3. The Kier molecular flexibility index (Phi) is 4.14. The number of carbonyl (C=O) groups excluding carboxylic acids is 1. The van der Waals surface area contributed by atoms with Crippen molar-refractivity contribution in [3.8, 4) is 0 Å². The van der Waals surface area contributed by atoms with Crippen LogP contribution in [-0.4, -0.2) is 23.3 Å². The Labute approximate surface area is 91.8 Å². The van der Waals surface area contributed by atoms with Crippen LogP contribution in [0.2, 0.25) is 0 Å². The van der Waals surface area contributed by atoms with Crippen molar-refractivity contribution in [2.75, 3.05) is 6.61 Å². The van der Waals surface area contributed by atoms with Crippen LogP contribution in [-0.2, 0) is 9.53 Å². The minimum absolute atomic E-state index is 0.228. The summed E-state index contributed by atoms with van der Waals surface area (Å²) in [7, 11) is 0. The van der Waals surface area contributed by atoms with E-state index in [1.807, 2.05) is 6.92 Å². The Balaban J connectivity index is 2.61. The summed E-state index contributed by atoms with van der Waals surface area (Å²) in [4.78, 5) is 11.7. The monoisotopic (exact) mass is 214 g/mol. The number of ether oxygens (including phenoxy) is 1. The van der Waals surface area contributed by atoms with Crippen LogP contribution in [0.5, 0.6) is 0 Å². The van der Waals surface area contributed by atoms with Gasteiger partial charge in [-0.1, -0.05) is 20.3 Å². The maximum absolute atomic E-state index is 11.7. The van der Waals surface area contributed by atoms with Gasteiger partial charge in [-0.3, -0.25) is 4.79 Å². The van der Waals surface area contributed by atoms with Crippen LogP contribution >= 0.6 is 0 Å². The van der Waals surface area contributed by atoms with Crippen molar-refractivity contribution in [2.24, 2.45) is 11.8 Å². The van der Waals surface area contributed by atoms with E-state index in [1.165, 1.54) is 0 Å². The molecular weight excluding hydrogens is 192 g/mol. The number of esters is 1. The fourth-order valence-corrected chi connectivity index (χ4v) is 2.57. The van der Waals surface area contributed by atoms with E-state index in [0.717, 1.165) is 25.7 Å². The molecule has 1 rings (SSSR count). The standard InChI is InChI=1S/C12H22O3/c1-4-6-10(11(13)15-5-2)12(14)7-9(3)8-12/h9-10,14H,4-8H2,1-3H3. The summed E-state index contributed by atoms with van der Waals surface area (Å²) < 4.78 is 5.01. The van der Waals surface area contributed by atoms with Crippen LogP contribution in [0.15, 0.2) is 0 Å². The number of rotatable bonds is 5. The third kappa shape index (κ3) is 2.71. The maximum Gasteiger partial charge on any atom is 0.311 e. The molecule has 0 aromatic rings. The van der Waals surface area contributed by atoms with E-state index in [9.17, 15) is 9.90 Å². The summed E-state index contributed by atoms with van der Waals surface area (Å²) in [5.74, 6) is -0.0174. The van der Waals surface area contributed by atoms with E-state index in [2.05, 4.69) is 6.92 Å². The first-order valence-electron chi connectivity index (χ1n) is 5.92. The zero-order valence-electron chi connectivity index (χ0n) is 9.95. The van der Waals surface area contributed by atoms with Gasteiger partial charge in [-0.05, 0) is 32.1 Å². The van der Waals surface area contributed by atoms with Gasteiger partial charge in [0.2, 0.25) is 0 Å². The Morgan fingerprint density at radius 2 is 2.13 bits per heavy atom. The highest BCUT2D eigenvalue weighted by molar-refractivity contribution is 5.74. The summed E-state index contributed by atoms with van der Waals surface area (Å²) in [5.41, 5.74) is -0.790. The largest absolute Gasteiger partial charge is 0.466 e. The minimum atomic E-state index is -0.790. The van der Waals surface area contributed by atoms with Gasteiger partial charge in [-0.2, -0.15) is 0 Å². The molecule has 1 fully saturated rings. The molecule has 15 heavy (non-hydrogen) atoms. The van der Waals surface area contributed by atoms with E-state index >= 15 is 0 Å². The quantitative estimate of drug-likeness (QED) is 0.713. The minimum Gasteiger partial charge on any atom is -0.466 e. The van der Waals surface area contributed by atoms with E-state index in [1.54, 1.807) is 6.92 Å². The zero-order valence-corrected chi connectivity index (χ0v) is 9.95. The highest BCUT2D eigenvalue weighted by Gasteiger charge is 2.49. The summed E-state index contributed by atoms with van der Waals surface area (Å²) in [6.45, 7) is 6.32. The predicted molar refractivity (Wildman–Crippen MR) is 58.4 cm³/mol. The molecule has 0 spiro atoms. The molecule has 1 atom stereocenters. The second-order valence-electron chi connectivity index (χ2n) is 4.71. The first-order chi connectivity index (χ1) is 7.03. The van der Waals surface area contributed by atoms with Gasteiger partial charge < -0.3 is 9.84 Å². The average molecular weight is 214 g/mol. The van der Waals surface area contributed by atoms with Crippen molar-refractivity contribution in [3.05, 3.63) is 0 Å². The predicted octanol–water partition coefficient (Wildman–Crippen LogP) is 2.13. The van der Waals surface area contributed by atoms with E-state index < -0.39 is 5.60 Å². The molecule has 0 aromatic heterocycles. The van der Waals surface area contributed by atoms with Gasteiger partial charge in [-0.25, -0.2) is 0 Å². The first kappa shape index (κ1) is 12.5. The molecule has 1 aliphatic carbocycles. The smallest absolute Gasteiger partial charge is 0.311 e. The van der Waals surface area contributed by atoms with Crippen molar-refractivity contribution >= 4 is 5.97 Å². The van der Waals surface area contributed by atoms with E-state index in [-0.39, 0.29) is 11.9 Å². The fraction of sp³-hybridized carbons (Fsp3) is 0.917. The molecule has 0 bridgehead atoms. The van der Waals surface area contributed by atoms with Gasteiger partial charge in [0.1, 0.15) is 0 Å². The second-order valence-corrected chi connectivity index (χ2v) is 4.71. The van der Waals surface area contributed by atoms with Crippen molar-refractivity contribution < 1.29 is 14.6 Å². The van der Waals surface area contributed by atoms with Crippen molar-refractivity contribution in [1.29, 1.82) is 0 Å². The van der Waals surface area contributed by atoms with Crippen molar-refractivity contribution in [1.82, 2.24) is 0 Å². The lowest BCUT2D eigenvalue weighted by Crippen LogP contribution is -2.52. The first-order valence-corrected chi connectivity index (χ1v) is 5.92. The average Bonchev–Trinajstić information content (AvgIpc) is 2.12. The van der Waals surface area contributed by atoms with Crippen molar-refractivity contribution in [3.63, 3.8) is 0 Å². The molecule has 0 heterocycles. The maximum atomic E-state index is 11.7. The SMILES string of the molecule is CCCC(C(=O)OCC)C1(O)CC(C)C1. The topological polar surface area (TPSA) is 46.5 Å². The van der Waals surface area contributed by atoms with Gasteiger partial charge in [0.05, 0.1) is 18.1 Å². The fourth-order valence-electron chi connectivity index (χ4n) is 2.57. The van der Waals surface area contributed by atoms with E-state index in [4.69, 9.17) is 4.74 Å². The summed E-state index contributed by atoms with van der Waals surface area (Å²) >= 11 is 0. The summed E-state index contributed by atoms with van der Waals surface area (Å²) in [6, 6.07) is 0. The lowest BCUT2D eigenvalue weighted by atomic mass is 9.64. The molecule has 3 nitrogen and oxygen atoms in total. The van der Waals surface area contributed by atoms with Crippen LogP contribution < -0.4 is 0 Å². The number of aliphatic hydroxyl groups is 1. The molecule has 1 unspecified atom stereocenters. The van der Waals surface area contributed by atoms with Crippen LogP contribution in [0.25, 0.3) is 0 Å². The van der Waals surface area contributed by atoms with Crippen LogP contribution in [0.3, 0.4) is 0 Å². The van der Waals surface area contributed by atoms with Crippen molar-refractivity contribution in [2.45, 2.75) is 52.1 Å². The summed E-state index contributed by atoms with van der Waals surface area (Å²) in [5, 5.41) is 10.3. The van der Waals surface area contributed by atoms with Gasteiger partial charge in [0.25, 0.3) is 0 Å². The molecule has 3 heteroatoms. The van der Waals surface area contributed by atoms with Gasteiger partial charge in [0, 0.05) is 0 Å². The Bertz CT molecular complexity index is 219. The second kappa shape index (κ2) is 4.97. The molecule has 88 valence electrons. The van der Waals surface area contributed by atoms with E-state index in [0.29, 0.717) is 12.5 Å². The summed E-state index contributed by atoms with van der Waals surface area (Å²) in [6.07, 6.45) is 3.09. The molecule has 0 amide bonds. The number of carbonyl (C=O) groups is 1. The highest BCUT2D eigenvalue weighted by Crippen LogP contribution is 2.44. The molecular formula is C12H22O3. The Morgan fingerprint density at radius 1 is 1.53 bits per heavy atom.